The van der Waals surface area contributed by atoms with Gasteiger partial charge in [-0.15, -0.1) is 11.3 Å². The van der Waals surface area contributed by atoms with Crippen LogP contribution in [0.5, 0.6) is 0 Å². The maximum atomic E-state index is 5.27. The van der Waals surface area contributed by atoms with Crippen molar-refractivity contribution in [3.8, 4) is 50.7 Å². The van der Waals surface area contributed by atoms with Crippen LogP contribution in [-0.4, -0.2) is 14.5 Å². The summed E-state index contributed by atoms with van der Waals surface area (Å²) in [6, 6.07) is 62.5. The van der Waals surface area contributed by atoms with Crippen molar-refractivity contribution in [2.45, 2.75) is 0 Å². The molecule has 0 bridgehead atoms. The molecule has 0 atom stereocenters. The van der Waals surface area contributed by atoms with Gasteiger partial charge in [0.25, 0.3) is 0 Å². The summed E-state index contributed by atoms with van der Waals surface area (Å²) in [6.07, 6.45) is 0. The van der Waals surface area contributed by atoms with Crippen LogP contribution in [0.15, 0.2) is 176 Å². The van der Waals surface area contributed by atoms with Gasteiger partial charge < -0.3 is 4.57 Å². The zero-order valence-electron chi connectivity index (χ0n) is 27.0. The van der Waals surface area contributed by atoms with Gasteiger partial charge in [-0.1, -0.05) is 127 Å². The number of para-hydroxylation sites is 1. The van der Waals surface area contributed by atoms with E-state index < -0.39 is 0 Å². The third kappa shape index (κ3) is 4.73. The molecule has 0 fully saturated rings. The average molecular weight is 656 g/mol. The molecule has 10 aromatic rings. The quantitative estimate of drug-likeness (QED) is 0.185. The van der Waals surface area contributed by atoms with E-state index in [1.54, 1.807) is 0 Å². The van der Waals surface area contributed by atoms with Crippen LogP contribution in [-0.2, 0) is 0 Å². The molecule has 3 heterocycles. The lowest BCUT2D eigenvalue weighted by molar-refractivity contribution is 1.18. The van der Waals surface area contributed by atoms with Crippen molar-refractivity contribution in [2.75, 3.05) is 0 Å². The number of benzene rings is 7. The van der Waals surface area contributed by atoms with Crippen LogP contribution in [0, 0.1) is 0 Å². The van der Waals surface area contributed by atoms with Gasteiger partial charge in [0.15, 0.2) is 5.82 Å². The predicted molar refractivity (Wildman–Crippen MR) is 211 cm³/mol. The Kier molecular flexibility index (Phi) is 6.68. The fraction of sp³-hybridized carbons (Fsp3) is 0. The van der Waals surface area contributed by atoms with Gasteiger partial charge in [0, 0.05) is 53.3 Å². The van der Waals surface area contributed by atoms with Crippen molar-refractivity contribution in [2.24, 2.45) is 0 Å². The molecular weight excluding hydrogens is 627 g/mol. The van der Waals surface area contributed by atoms with Crippen LogP contribution in [0.1, 0.15) is 0 Å². The molecule has 0 aliphatic rings. The van der Waals surface area contributed by atoms with E-state index >= 15 is 0 Å². The molecule has 3 nitrogen and oxygen atoms in total. The topological polar surface area (TPSA) is 30.7 Å². The van der Waals surface area contributed by atoms with E-state index in [1.165, 1.54) is 42.0 Å². The van der Waals surface area contributed by atoms with Crippen molar-refractivity contribution in [3.63, 3.8) is 0 Å². The second-order valence-corrected chi connectivity index (χ2v) is 13.7. The first-order chi connectivity index (χ1) is 24.8. The minimum absolute atomic E-state index is 0.707. The molecule has 3 aromatic heterocycles. The minimum atomic E-state index is 0.707. The van der Waals surface area contributed by atoms with Gasteiger partial charge in [-0.2, -0.15) is 0 Å². The summed E-state index contributed by atoms with van der Waals surface area (Å²) in [5.74, 6) is 0.707. The van der Waals surface area contributed by atoms with Crippen LogP contribution in [0.2, 0.25) is 0 Å². The molecule has 0 saturated carbocycles. The third-order valence-electron chi connectivity index (χ3n) is 9.62. The van der Waals surface area contributed by atoms with E-state index in [-0.39, 0.29) is 0 Å². The second-order valence-electron chi connectivity index (χ2n) is 12.6. The lowest BCUT2D eigenvalue weighted by Crippen LogP contribution is -1.97. The highest BCUT2D eigenvalue weighted by Gasteiger charge is 2.19. The first-order valence-electron chi connectivity index (χ1n) is 16.8. The number of aromatic nitrogens is 3. The van der Waals surface area contributed by atoms with Gasteiger partial charge in [-0.05, 0) is 59.7 Å². The number of fused-ring (bicyclic) bond motifs is 6. The number of hydrogen-bond donors (Lipinski definition) is 0. The van der Waals surface area contributed by atoms with Crippen molar-refractivity contribution < 1.29 is 0 Å². The van der Waals surface area contributed by atoms with Gasteiger partial charge in [0.05, 0.1) is 22.4 Å². The Morgan fingerprint density at radius 3 is 1.90 bits per heavy atom. The fourth-order valence-corrected chi connectivity index (χ4v) is 8.39. The van der Waals surface area contributed by atoms with Gasteiger partial charge in [-0.25, -0.2) is 9.97 Å². The Bertz CT molecular complexity index is 2870. The number of hydrogen-bond acceptors (Lipinski definition) is 3. The first-order valence-corrected chi connectivity index (χ1v) is 17.6. The van der Waals surface area contributed by atoms with Crippen molar-refractivity contribution in [1.29, 1.82) is 0 Å². The molecule has 10 rings (SSSR count). The zero-order chi connectivity index (χ0) is 33.0. The van der Waals surface area contributed by atoms with Crippen molar-refractivity contribution in [1.82, 2.24) is 14.5 Å². The predicted octanol–water partition coefficient (Wildman–Crippen LogP) is 12.6. The van der Waals surface area contributed by atoms with Gasteiger partial charge in [-0.3, -0.25) is 0 Å². The molecule has 7 aromatic carbocycles. The lowest BCUT2D eigenvalue weighted by atomic mass is 9.99. The van der Waals surface area contributed by atoms with Crippen LogP contribution in [0.25, 0.3) is 92.7 Å². The Morgan fingerprint density at radius 2 is 1.04 bits per heavy atom. The Morgan fingerprint density at radius 1 is 0.400 bits per heavy atom. The van der Waals surface area contributed by atoms with Crippen LogP contribution < -0.4 is 0 Å². The fourth-order valence-electron chi connectivity index (χ4n) is 7.30. The second kappa shape index (κ2) is 11.7. The average Bonchev–Trinajstić information content (AvgIpc) is 3.74. The van der Waals surface area contributed by atoms with E-state index in [9.17, 15) is 0 Å². The summed E-state index contributed by atoms with van der Waals surface area (Å²) >= 11 is 1.85. The van der Waals surface area contributed by atoms with Crippen molar-refractivity contribution >= 4 is 53.3 Å². The molecule has 0 unspecified atom stereocenters. The maximum absolute atomic E-state index is 5.27. The molecule has 0 amide bonds. The molecule has 0 spiro atoms. The van der Waals surface area contributed by atoms with E-state index in [4.69, 9.17) is 9.97 Å². The SMILES string of the molecule is c1ccc(-c2cccc(-c3cc(-c4cccc5c4c4ccccc4n5-c4ccc5sc6ccccc6c5c4)nc(-c4ccccc4)n3)c2)cc1. The van der Waals surface area contributed by atoms with Gasteiger partial charge in [0.1, 0.15) is 0 Å². The standard InChI is InChI=1S/C46H29N3S/c1-3-13-30(14-4-1)32-17-11-18-33(27-32)39-29-40(48-46(47-39)31-15-5-2-6-16-31)36-21-12-23-42-45(36)37-20-7-9-22-41(37)49(42)34-25-26-44-38(28-34)35-19-8-10-24-43(35)50-44/h1-29H. The number of nitrogens with zero attached hydrogens (tertiary/aromatic N) is 3. The van der Waals surface area contributed by atoms with Crippen LogP contribution >= 0.6 is 11.3 Å². The monoisotopic (exact) mass is 655 g/mol. The van der Waals surface area contributed by atoms with E-state index in [2.05, 4.69) is 162 Å². The summed E-state index contributed by atoms with van der Waals surface area (Å²) in [5, 5.41) is 4.96. The highest BCUT2D eigenvalue weighted by Crippen LogP contribution is 2.41. The Labute approximate surface area is 293 Å². The van der Waals surface area contributed by atoms with E-state index in [1.807, 2.05) is 29.5 Å². The largest absolute Gasteiger partial charge is 0.309 e. The number of thiophene rings is 1. The molecule has 4 heteroatoms. The zero-order valence-corrected chi connectivity index (χ0v) is 27.8. The molecular formula is C46H29N3S. The highest BCUT2D eigenvalue weighted by molar-refractivity contribution is 7.25. The molecule has 50 heavy (non-hydrogen) atoms. The number of rotatable bonds is 5. The highest BCUT2D eigenvalue weighted by atomic mass is 32.1. The summed E-state index contributed by atoms with van der Waals surface area (Å²) in [7, 11) is 0. The molecule has 234 valence electrons. The summed E-state index contributed by atoms with van der Waals surface area (Å²) in [5.41, 5.74) is 10.7. The first kappa shape index (κ1) is 28.6. The lowest BCUT2D eigenvalue weighted by Gasteiger charge is -2.12. The molecule has 0 aliphatic carbocycles. The van der Waals surface area contributed by atoms with Gasteiger partial charge in [0.2, 0.25) is 0 Å². The molecule has 0 N–H and O–H groups in total. The van der Waals surface area contributed by atoms with Gasteiger partial charge >= 0.3 is 0 Å². The molecule has 0 radical (unpaired) electrons. The normalized spacial score (nSPS) is 11.6. The van der Waals surface area contributed by atoms with Crippen LogP contribution in [0.4, 0.5) is 0 Å². The smallest absolute Gasteiger partial charge is 0.160 e. The third-order valence-corrected chi connectivity index (χ3v) is 10.8. The molecule has 0 aliphatic heterocycles. The summed E-state index contributed by atoms with van der Waals surface area (Å²) in [6.45, 7) is 0. The Balaban J connectivity index is 1.21. The molecule has 0 saturated heterocycles. The summed E-state index contributed by atoms with van der Waals surface area (Å²) < 4.78 is 5.02. The van der Waals surface area contributed by atoms with E-state index in [0.717, 1.165) is 44.8 Å². The van der Waals surface area contributed by atoms with E-state index in [0.29, 0.717) is 5.82 Å². The van der Waals surface area contributed by atoms with Crippen molar-refractivity contribution in [3.05, 3.63) is 176 Å². The maximum Gasteiger partial charge on any atom is 0.160 e. The van der Waals surface area contributed by atoms with Crippen LogP contribution in [0.3, 0.4) is 0 Å². The summed E-state index contributed by atoms with van der Waals surface area (Å²) in [4.78, 5) is 10.4. The minimum Gasteiger partial charge on any atom is -0.309 e. The Hall–Kier alpha value is -6.36.